The van der Waals surface area contributed by atoms with Gasteiger partial charge in [-0.3, -0.25) is 0 Å². The summed E-state index contributed by atoms with van der Waals surface area (Å²) in [7, 11) is 0. The predicted octanol–water partition coefficient (Wildman–Crippen LogP) is 0.280. The SMILES string of the molecule is OC1CN(C(F)(F)F)C(O)CN1C(F)(F)F. The van der Waals surface area contributed by atoms with E-state index >= 15 is 0 Å². The van der Waals surface area contributed by atoms with Crippen molar-refractivity contribution in [3.63, 3.8) is 0 Å². The Hall–Kier alpha value is -0.580. The van der Waals surface area contributed by atoms with Gasteiger partial charge in [0.15, 0.2) is 0 Å². The fourth-order valence-corrected chi connectivity index (χ4v) is 1.34. The van der Waals surface area contributed by atoms with E-state index in [4.69, 9.17) is 10.2 Å². The maximum absolute atomic E-state index is 12.1. The zero-order chi connectivity index (χ0) is 12.7. The summed E-state index contributed by atoms with van der Waals surface area (Å²) in [6, 6.07) is 0. The van der Waals surface area contributed by atoms with Gasteiger partial charge in [0.05, 0.1) is 0 Å². The van der Waals surface area contributed by atoms with Crippen LogP contribution in [-0.4, -0.2) is 58.2 Å². The zero-order valence-electron chi connectivity index (χ0n) is 7.63. The van der Waals surface area contributed by atoms with Gasteiger partial charge in [0.1, 0.15) is 12.5 Å². The van der Waals surface area contributed by atoms with Crippen LogP contribution in [0.4, 0.5) is 26.3 Å². The van der Waals surface area contributed by atoms with E-state index in [2.05, 4.69) is 0 Å². The molecule has 10 heteroatoms. The number of β-amino-alcohol motifs (C(OH)–C–C–N with tert-alkyl or cyclic N) is 2. The van der Waals surface area contributed by atoms with Crippen molar-refractivity contribution in [2.24, 2.45) is 0 Å². The Morgan fingerprint density at radius 3 is 1.19 bits per heavy atom. The summed E-state index contributed by atoms with van der Waals surface area (Å²) in [6.45, 7) is -2.71. The van der Waals surface area contributed by atoms with E-state index < -0.39 is 47.9 Å². The fourth-order valence-electron chi connectivity index (χ4n) is 1.34. The van der Waals surface area contributed by atoms with Crippen LogP contribution in [0.25, 0.3) is 0 Å². The Kier molecular flexibility index (Phi) is 3.39. The molecule has 0 amide bonds. The normalized spacial score (nSPS) is 30.8. The number of aliphatic hydroxyl groups excluding tert-OH is 2. The second-order valence-electron chi connectivity index (χ2n) is 3.20. The van der Waals surface area contributed by atoms with Crippen LogP contribution in [0.5, 0.6) is 0 Å². The van der Waals surface area contributed by atoms with Gasteiger partial charge >= 0.3 is 12.6 Å². The van der Waals surface area contributed by atoms with Crippen LogP contribution in [0.1, 0.15) is 0 Å². The molecule has 2 atom stereocenters. The number of halogens is 6. The molecule has 1 aliphatic rings. The third kappa shape index (κ3) is 2.75. The number of hydrogen-bond acceptors (Lipinski definition) is 4. The molecule has 4 nitrogen and oxygen atoms in total. The van der Waals surface area contributed by atoms with Gasteiger partial charge in [-0.2, -0.15) is 36.1 Å². The summed E-state index contributed by atoms with van der Waals surface area (Å²) >= 11 is 0. The molecule has 0 spiro atoms. The molecule has 1 rings (SSSR count). The standard InChI is InChI=1S/C6H8F6N2O2/c7-5(8,9)13-1-3(15)14(2-4(13)16)6(10,11)12/h3-4,15-16H,1-2H2. The quantitative estimate of drug-likeness (QED) is 0.481. The van der Waals surface area contributed by atoms with Gasteiger partial charge in [-0.15, -0.1) is 0 Å². The first-order chi connectivity index (χ1) is 7.03. The average Bonchev–Trinajstić information content (AvgIpc) is 2.04. The van der Waals surface area contributed by atoms with Crippen molar-refractivity contribution in [1.82, 2.24) is 9.80 Å². The summed E-state index contributed by atoms with van der Waals surface area (Å²) in [5.74, 6) is 0. The molecular weight excluding hydrogens is 246 g/mol. The van der Waals surface area contributed by atoms with Crippen LogP contribution in [-0.2, 0) is 0 Å². The van der Waals surface area contributed by atoms with Crippen molar-refractivity contribution in [1.29, 1.82) is 0 Å². The van der Waals surface area contributed by atoms with Gasteiger partial charge in [0.25, 0.3) is 0 Å². The molecule has 0 aromatic heterocycles. The molecule has 0 bridgehead atoms. The van der Waals surface area contributed by atoms with E-state index in [1.54, 1.807) is 0 Å². The first-order valence-electron chi connectivity index (χ1n) is 4.06. The molecule has 0 saturated carbocycles. The first kappa shape index (κ1) is 13.5. The lowest BCUT2D eigenvalue weighted by Crippen LogP contribution is -2.65. The van der Waals surface area contributed by atoms with E-state index in [-0.39, 0.29) is 0 Å². The molecular formula is C6H8F6N2O2. The Bertz CT molecular complexity index is 228. The van der Waals surface area contributed by atoms with Gasteiger partial charge in [-0.05, 0) is 0 Å². The Morgan fingerprint density at radius 2 is 1.00 bits per heavy atom. The molecule has 1 heterocycles. The van der Waals surface area contributed by atoms with E-state index in [1.165, 1.54) is 0 Å². The minimum atomic E-state index is -4.99. The molecule has 0 aromatic rings. The Morgan fingerprint density at radius 1 is 0.750 bits per heavy atom. The molecule has 0 aliphatic carbocycles. The zero-order valence-corrected chi connectivity index (χ0v) is 7.63. The van der Waals surface area contributed by atoms with Crippen molar-refractivity contribution >= 4 is 0 Å². The molecule has 16 heavy (non-hydrogen) atoms. The largest absolute Gasteiger partial charge is 0.462 e. The van der Waals surface area contributed by atoms with Gasteiger partial charge in [0, 0.05) is 13.1 Å². The van der Waals surface area contributed by atoms with E-state index in [0.29, 0.717) is 0 Å². The van der Waals surface area contributed by atoms with Crippen LogP contribution >= 0.6 is 0 Å². The summed E-state index contributed by atoms with van der Waals surface area (Å²) in [4.78, 5) is -1.11. The van der Waals surface area contributed by atoms with E-state index in [9.17, 15) is 26.3 Å². The second-order valence-corrected chi connectivity index (χ2v) is 3.20. The van der Waals surface area contributed by atoms with Gasteiger partial charge in [-0.25, -0.2) is 0 Å². The molecule has 2 N–H and O–H groups in total. The van der Waals surface area contributed by atoms with Crippen LogP contribution in [0.15, 0.2) is 0 Å². The lowest BCUT2D eigenvalue weighted by atomic mass is 10.3. The van der Waals surface area contributed by atoms with Gasteiger partial charge < -0.3 is 10.2 Å². The Balaban J connectivity index is 2.79. The number of aliphatic hydroxyl groups is 2. The highest BCUT2D eigenvalue weighted by atomic mass is 19.4. The molecule has 1 fully saturated rings. The minimum Gasteiger partial charge on any atom is -0.377 e. The highest BCUT2D eigenvalue weighted by Crippen LogP contribution is 2.32. The number of alkyl halides is 6. The summed E-state index contributed by atoms with van der Waals surface area (Å²) in [6.07, 6.45) is -14.7. The van der Waals surface area contributed by atoms with Crippen molar-refractivity contribution in [3.8, 4) is 0 Å². The highest BCUT2D eigenvalue weighted by molar-refractivity contribution is 4.81. The molecule has 96 valence electrons. The lowest BCUT2D eigenvalue weighted by molar-refractivity contribution is -0.355. The number of piperazine rings is 1. The van der Waals surface area contributed by atoms with Crippen molar-refractivity contribution in [2.75, 3.05) is 13.1 Å². The average molecular weight is 254 g/mol. The third-order valence-corrected chi connectivity index (χ3v) is 2.09. The maximum atomic E-state index is 12.1. The van der Waals surface area contributed by atoms with Crippen molar-refractivity contribution < 1.29 is 36.6 Å². The van der Waals surface area contributed by atoms with E-state index in [0.717, 1.165) is 0 Å². The number of nitrogens with zero attached hydrogens (tertiary/aromatic N) is 2. The van der Waals surface area contributed by atoms with Crippen LogP contribution < -0.4 is 0 Å². The Labute approximate surface area is 85.7 Å². The number of rotatable bonds is 0. The third-order valence-electron chi connectivity index (χ3n) is 2.09. The minimum absolute atomic E-state index is 0.556. The van der Waals surface area contributed by atoms with Crippen LogP contribution in [0, 0.1) is 0 Å². The molecule has 1 aliphatic heterocycles. The maximum Gasteiger partial charge on any atom is 0.462 e. The highest BCUT2D eigenvalue weighted by Gasteiger charge is 2.52. The monoisotopic (exact) mass is 254 g/mol. The molecule has 1 saturated heterocycles. The van der Waals surface area contributed by atoms with Crippen LogP contribution in [0.3, 0.4) is 0 Å². The van der Waals surface area contributed by atoms with E-state index in [1.807, 2.05) is 0 Å². The summed E-state index contributed by atoms with van der Waals surface area (Å²) in [5, 5.41) is 17.8. The molecule has 0 radical (unpaired) electrons. The van der Waals surface area contributed by atoms with Crippen molar-refractivity contribution in [2.45, 2.75) is 25.1 Å². The molecule has 0 aromatic carbocycles. The fraction of sp³-hybridized carbons (Fsp3) is 1.00. The van der Waals surface area contributed by atoms with Crippen LogP contribution in [0.2, 0.25) is 0 Å². The number of hydrogen-bond donors (Lipinski definition) is 2. The lowest BCUT2D eigenvalue weighted by Gasteiger charge is -2.42. The van der Waals surface area contributed by atoms with Gasteiger partial charge in [0.2, 0.25) is 0 Å². The van der Waals surface area contributed by atoms with Gasteiger partial charge in [-0.1, -0.05) is 0 Å². The predicted molar refractivity (Wildman–Crippen MR) is 37.5 cm³/mol. The van der Waals surface area contributed by atoms with Crippen molar-refractivity contribution in [3.05, 3.63) is 0 Å². The summed E-state index contributed by atoms with van der Waals surface area (Å²) < 4.78 is 72.9. The smallest absolute Gasteiger partial charge is 0.377 e. The first-order valence-corrected chi connectivity index (χ1v) is 4.06. The topological polar surface area (TPSA) is 46.9 Å². The summed E-state index contributed by atoms with van der Waals surface area (Å²) in [5.41, 5.74) is 0. The second kappa shape index (κ2) is 4.02. The molecule has 2 unspecified atom stereocenters.